The van der Waals surface area contributed by atoms with Crippen LogP contribution < -0.4 is 15.5 Å². The number of hydrogen-bond acceptors (Lipinski definition) is 8. The number of nitrogens with zero attached hydrogens (tertiary/aromatic N) is 6. The van der Waals surface area contributed by atoms with Gasteiger partial charge < -0.3 is 15.5 Å². The molecule has 4 aromatic rings. The fourth-order valence-corrected chi connectivity index (χ4v) is 4.29. The summed E-state index contributed by atoms with van der Waals surface area (Å²) in [6, 6.07) is 5.13. The molecule has 5 heterocycles. The summed E-state index contributed by atoms with van der Waals surface area (Å²) in [7, 11) is 0. The number of rotatable bonds is 5. The lowest BCUT2D eigenvalue weighted by molar-refractivity contribution is 0.586. The molecule has 1 aliphatic heterocycles. The van der Waals surface area contributed by atoms with Gasteiger partial charge in [-0.3, -0.25) is 9.97 Å². The van der Waals surface area contributed by atoms with E-state index < -0.39 is 5.82 Å². The minimum atomic E-state index is -0.409. The van der Waals surface area contributed by atoms with E-state index in [1.807, 2.05) is 24.5 Å². The fraction of sp³-hybridized carbons (Fsp3) is 0.292. The molecular weight excluding hydrogens is 419 g/mol. The first-order chi connectivity index (χ1) is 16.2. The second kappa shape index (κ2) is 8.32. The van der Waals surface area contributed by atoms with Crippen molar-refractivity contribution in [3.05, 3.63) is 60.6 Å². The number of anilines is 3. The van der Waals surface area contributed by atoms with E-state index in [1.165, 1.54) is 30.7 Å². The topological polar surface area (TPSA) is 91.8 Å². The molecule has 0 radical (unpaired) electrons. The van der Waals surface area contributed by atoms with E-state index in [0.717, 1.165) is 48.5 Å². The van der Waals surface area contributed by atoms with Gasteiger partial charge in [-0.2, -0.15) is 0 Å². The summed E-state index contributed by atoms with van der Waals surface area (Å²) in [4.78, 5) is 25.0. The van der Waals surface area contributed by atoms with Crippen molar-refractivity contribution in [2.45, 2.75) is 18.8 Å². The van der Waals surface area contributed by atoms with Gasteiger partial charge in [-0.15, -0.1) is 0 Å². The molecule has 6 rings (SSSR count). The Balaban J connectivity index is 1.44. The third-order valence-corrected chi connectivity index (χ3v) is 6.05. The Kier molecular flexibility index (Phi) is 5.03. The molecule has 166 valence electrons. The molecule has 2 aliphatic rings. The van der Waals surface area contributed by atoms with E-state index >= 15 is 0 Å². The van der Waals surface area contributed by atoms with Gasteiger partial charge in [-0.05, 0) is 36.5 Å². The molecule has 2 fully saturated rings. The average Bonchev–Trinajstić information content (AvgIpc) is 3.69. The van der Waals surface area contributed by atoms with Crippen molar-refractivity contribution in [2.24, 2.45) is 0 Å². The van der Waals surface area contributed by atoms with Crippen LogP contribution in [-0.2, 0) is 0 Å². The van der Waals surface area contributed by atoms with E-state index in [0.29, 0.717) is 23.2 Å². The number of piperazine rings is 1. The van der Waals surface area contributed by atoms with Crippen molar-refractivity contribution in [3.63, 3.8) is 0 Å². The van der Waals surface area contributed by atoms with Crippen molar-refractivity contribution >= 4 is 28.2 Å². The number of aromatic nitrogens is 5. The van der Waals surface area contributed by atoms with Crippen LogP contribution in [0.1, 0.15) is 24.3 Å². The van der Waals surface area contributed by atoms with E-state index in [-0.39, 0.29) is 0 Å². The summed E-state index contributed by atoms with van der Waals surface area (Å²) >= 11 is 0. The van der Waals surface area contributed by atoms with Crippen molar-refractivity contribution in [3.8, 4) is 11.4 Å². The van der Waals surface area contributed by atoms with Crippen LogP contribution in [0.4, 0.5) is 21.7 Å². The minimum absolute atomic E-state index is 0.409. The summed E-state index contributed by atoms with van der Waals surface area (Å²) in [6.07, 6.45) is 10.6. The lowest BCUT2D eigenvalue weighted by atomic mass is 10.1. The number of nitrogens with one attached hydrogen (secondary N) is 2. The van der Waals surface area contributed by atoms with Gasteiger partial charge in [0.1, 0.15) is 17.5 Å². The first-order valence-electron chi connectivity index (χ1n) is 11.2. The summed E-state index contributed by atoms with van der Waals surface area (Å²) in [5.41, 5.74) is 3.47. The zero-order valence-corrected chi connectivity index (χ0v) is 18.0. The zero-order chi connectivity index (χ0) is 22.2. The molecule has 9 heteroatoms. The first kappa shape index (κ1) is 19.9. The molecule has 0 unspecified atom stereocenters. The van der Waals surface area contributed by atoms with Gasteiger partial charge in [0, 0.05) is 55.6 Å². The van der Waals surface area contributed by atoms with Crippen LogP contribution in [0.5, 0.6) is 0 Å². The largest absolute Gasteiger partial charge is 0.353 e. The third-order valence-electron chi connectivity index (χ3n) is 6.05. The molecule has 0 amide bonds. The quantitative estimate of drug-likeness (QED) is 0.484. The maximum Gasteiger partial charge on any atom is 0.162 e. The van der Waals surface area contributed by atoms with Gasteiger partial charge >= 0.3 is 0 Å². The summed E-state index contributed by atoms with van der Waals surface area (Å²) in [5, 5.41) is 7.64. The molecular formula is C24H23FN8. The Labute approximate surface area is 190 Å². The second-order valence-corrected chi connectivity index (χ2v) is 8.45. The highest BCUT2D eigenvalue weighted by molar-refractivity contribution is 5.94. The van der Waals surface area contributed by atoms with Crippen LogP contribution in [0.25, 0.3) is 22.3 Å². The molecule has 0 spiro atoms. The minimum Gasteiger partial charge on any atom is -0.353 e. The summed E-state index contributed by atoms with van der Waals surface area (Å²) < 4.78 is 13.5. The smallest absolute Gasteiger partial charge is 0.162 e. The highest BCUT2D eigenvalue weighted by atomic mass is 19.1. The van der Waals surface area contributed by atoms with Crippen molar-refractivity contribution in [1.29, 1.82) is 0 Å². The second-order valence-electron chi connectivity index (χ2n) is 8.45. The van der Waals surface area contributed by atoms with Crippen LogP contribution in [0.15, 0.2) is 49.2 Å². The highest BCUT2D eigenvalue weighted by Gasteiger charge is 2.29. The normalized spacial score (nSPS) is 16.2. The van der Waals surface area contributed by atoms with E-state index in [2.05, 4.69) is 30.5 Å². The highest BCUT2D eigenvalue weighted by Crippen LogP contribution is 2.44. The van der Waals surface area contributed by atoms with Gasteiger partial charge in [0.05, 0.1) is 29.8 Å². The molecule has 2 N–H and O–H groups in total. The fourth-order valence-electron chi connectivity index (χ4n) is 4.29. The molecule has 33 heavy (non-hydrogen) atoms. The van der Waals surface area contributed by atoms with E-state index in [1.54, 1.807) is 12.4 Å². The standard InChI is InChI=1S/C24H23FN8/c25-17-10-18(12-27-11-17)30-21-9-16(3-4-29-21)23-31-20-14-28-13-19(15-1-2-15)22(20)24(32-23)33-7-5-26-6-8-33/h3-4,9-15,26H,1-2,5-8H2,(H,29,30). The lowest BCUT2D eigenvalue weighted by Gasteiger charge is -2.30. The van der Waals surface area contributed by atoms with Gasteiger partial charge in [-0.25, -0.2) is 19.3 Å². The Hall–Kier alpha value is -3.72. The van der Waals surface area contributed by atoms with Crippen LogP contribution >= 0.6 is 0 Å². The number of pyridine rings is 3. The molecule has 4 aromatic heterocycles. The average molecular weight is 443 g/mol. The summed E-state index contributed by atoms with van der Waals surface area (Å²) in [5.74, 6) is 2.30. The van der Waals surface area contributed by atoms with Gasteiger partial charge in [-0.1, -0.05) is 0 Å². The third kappa shape index (κ3) is 4.07. The van der Waals surface area contributed by atoms with Gasteiger partial charge in [0.15, 0.2) is 5.82 Å². The zero-order valence-electron chi connectivity index (χ0n) is 18.0. The SMILES string of the molecule is Fc1cncc(Nc2cc(-c3nc(N4CCNCC4)c4c(C5CC5)cncc4n3)ccn2)c1. The Morgan fingerprint density at radius 3 is 2.67 bits per heavy atom. The Morgan fingerprint density at radius 2 is 1.85 bits per heavy atom. The Bertz CT molecular complexity index is 1320. The first-order valence-corrected chi connectivity index (χ1v) is 11.2. The molecule has 0 atom stereocenters. The maximum atomic E-state index is 13.5. The van der Waals surface area contributed by atoms with Gasteiger partial charge in [0.25, 0.3) is 0 Å². The monoisotopic (exact) mass is 442 g/mol. The van der Waals surface area contributed by atoms with Crippen LogP contribution in [0.3, 0.4) is 0 Å². The molecule has 1 saturated carbocycles. The van der Waals surface area contributed by atoms with E-state index in [9.17, 15) is 4.39 Å². The Morgan fingerprint density at radius 1 is 1.00 bits per heavy atom. The van der Waals surface area contributed by atoms with Crippen molar-refractivity contribution in [1.82, 2.24) is 30.2 Å². The van der Waals surface area contributed by atoms with Crippen LogP contribution in [-0.4, -0.2) is 51.1 Å². The molecule has 0 bridgehead atoms. The summed E-state index contributed by atoms with van der Waals surface area (Å²) in [6.45, 7) is 3.65. The molecule has 1 saturated heterocycles. The van der Waals surface area contributed by atoms with Crippen LogP contribution in [0.2, 0.25) is 0 Å². The number of hydrogen-bond donors (Lipinski definition) is 2. The molecule has 1 aliphatic carbocycles. The molecule has 8 nitrogen and oxygen atoms in total. The van der Waals surface area contributed by atoms with Crippen molar-refractivity contribution in [2.75, 3.05) is 36.4 Å². The number of halogens is 1. The lowest BCUT2D eigenvalue weighted by Crippen LogP contribution is -2.44. The van der Waals surface area contributed by atoms with E-state index in [4.69, 9.17) is 9.97 Å². The van der Waals surface area contributed by atoms with Gasteiger partial charge in [0.2, 0.25) is 0 Å². The predicted molar refractivity (Wildman–Crippen MR) is 125 cm³/mol. The predicted octanol–water partition coefficient (Wildman–Crippen LogP) is 3.65. The van der Waals surface area contributed by atoms with Crippen LogP contribution in [0, 0.1) is 5.82 Å². The molecule has 0 aromatic carbocycles. The van der Waals surface area contributed by atoms with Crippen molar-refractivity contribution < 1.29 is 4.39 Å². The maximum absolute atomic E-state index is 13.5. The number of fused-ring (bicyclic) bond motifs is 1.